The number of morpholine rings is 1. The third kappa shape index (κ3) is 6.74. The highest BCUT2D eigenvalue weighted by molar-refractivity contribution is 6.92. The van der Waals surface area contributed by atoms with Gasteiger partial charge in [-0.25, -0.2) is 0 Å². The van der Waals surface area contributed by atoms with Crippen molar-refractivity contribution >= 4 is 9.90 Å². The molecule has 1 heterocycles. The molecule has 0 aromatic heterocycles. The van der Waals surface area contributed by atoms with Gasteiger partial charge >= 0.3 is 0 Å². The summed E-state index contributed by atoms with van der Waals surface area (Å²) >= 11 is 0. The van der Waals surface area contributed by atoms with Crippen molar-refractivity contribution in [2.45, 2.75) is 20.8 Å². The molecule has 3 heteroatoms. The number of nitrogens with zero attached hydrogens (tertiary/aromatic N) is 1. The first-order valence-corrected chi connectivity index (χ1v) is 4.23. The molecule has 0 amide bonds. The van der Waals surface area contributed by atoms with Crippen LogP contribution in [0.5, 0.6) is 0 Å². The predicted octanol–water partition coefficient (Wildman–Crippen LogP) is 1.42. The van der Waals surface area contributed by atoms with Crippen LogP contribution in [0.2, 0.25) is 0 Å². The lowest BCUT2D eigenvalue weighted by Gasteiger charge is -2.24. The van der Waals surface area contributed by atoms with Gasteiger partial charge in [0.15, 0.2) is 0 Å². The third-order valence-corrected chi connectivity index (χ3v) is 1.55. The van der Waals surface area contributed by atoms with Gasteiger partial charge in [0, 0.05) is 13.1 Å². The Kier molecular flexibility index (Phi) is 13.1. The van der Waals surface area contributed by atoms with Crippen molar-refractivity contribution in [2.75, 3.05) is 32.8 Å². The van der Waals surface area contributed by atoms with E-state index in [2.05, 4.69) is 11.8 Å². The van der Waals surface area contributed by atoms with E-state index in [-0.39, 0.29) is 9.90 Å². The fourth-order valence-corrected chi connectivity index (χ4v) is 0.917. The Morgan fingerprint density at radius 2 is 1.64 bits per heavy atom. The minimum absolute atomic E-state index is 0. The molecule has 1 saturated heterocycles. The number of likely N-dealkylation sites (N-methyl/N-ethyl adjacent to an activating group) is 1. The van der Waals surface area contributed by atoms with Crippen LogP contribution >= 0.6 is 9.90 Å². The van der Waals surface area contributed by atoms with Crippen molar-refractivity contribution < 1.29 is 4.74 Å². The maximum atomic E-state index is 5.16. The maximum Gasteiger partial charge on any atom is 0.0594 e. The van der Waals surface area contributed by atoms with E-state index in [4.69, 9.17) is 4.74 Å². The van der Waals surface area contributed by atoms with Gasteiger partial charge < -0.3 is 4.74 Å². The van der Waals surface area contributed by atoms with E-state index in [0.29, 0.717) is 0 Å². The molecular weight excluding hydrogens is 157 g/mol. The van der Waals surface area contributed by atoms with Gasteiger partial charge in [-0.1, -0.05) is 20.8 Å². The molecule has 1 fully saturated rings. The van der Waals surface area contributed by atoms with Crippen molar-refractivity contribution in [1.82, 2.24) is 4.90 Å². The Morgan fingerprint density at radius 1 is 1.18 bits per heavy atom. The van der Waals surface area contributed by atoms with Crippen molar-refractivity contribution in [3.63, 3.8) is 0 Å². The normalized spacial score (nSPS) is 17.7. The Bertz CT molecular complexity index is 65.1. The zero-order valence-electron chi connectivity index (χ0n) is 8.10. The zero-order chi connectivity index (χ0) is 7.82. The van der Waals surface area contributed by atoms with Crippen molar-refractivity contribution in [2.24, 2.45) is 0 Å². The van der Waals surface area contributed by atoms with Crippen LogP contribution in [-0.4, -0.2) is 37.7 Å². The Labute approximate surface area is 73.9 Å². The van der Waals surface area contributed by atoms with Crippen LogP contribution in [0, 0.1) is 0 Å². The average Bonchev–Trinajstić information content (AvgIpc) is 2.10. The summed E-state index contributed by atoms with van der Waals surface area (Å²) in [5, 5.41) is 0. The Morgan fingerprint density at radius 3 is 1.91 bits per heavy atom. The molecule has 0 saturated carbocycles. The molecule has 1 aliphatic heterocycles. The number of rotatable bonds is 1. The van der Waals surface area contributed by atoms with E-state index in [1.165, 1.54) is 6.54 Å². The monoisotopic (exact) mass is 179 g/mol. The summed E-state index contributed by atoms with van der Waals surface area (Å²) < 4.78 is 5.16. The first-order valence-electron chi connectivity index (χ1n) is 4.23. The molecule has 0 bridgehead atoms. The van der Waals surface area contributed by atoms with E-state index in [9.17, 15) is 0 Å². The molecule has 0 N–H and O–H groups in total. The molecule has 11 heavy (non-hydrogen) atoms. The van der Waals surface area contributed by atoms with Crippen LogP contribution in [0.4, 0.5) is 0 Å². The van der Waals surface area contributed by atoms with E-state index in [1.807, 2.05) is 13.8 Å². The highest BCUT2D eigenvalue weighted by Crippen LogP contribution is 1.93. The fraction of sp³-hybridized carbons (Fsp3) is 1.00. The quantitative estimate of drug-likeness (QED) is 0.564. The van der Waals surface area contributed by atoms with Crippen LogP contribution in [0.15, 0.2) is 0 Å². The number of ether oxygens (including phenoxy) is 1. The van der Waals surface area contributed by atoms with E-state index in [1.54, 1.807) is 0 Å². The van der Waals surface area contributed by atoms with Gasteiger partial charge in [-0.15, -0.1) is 0 Å². The van der Waals surface area contributed by atoms with Crippen molar-refractivity contribution in [3.8, 4) is 0 Å². The van der Waals surface area contributed by atoms with E-state index in [0.717, 1.165) is 26.3 Å². The second-order valence-corrected chi connectivity index (χ2v) is 2.05. The first-order chi connectivity index (χ1) is 4.93. The number of hydrogen-bond acceptors (Lipinski definition) is 2. The maximum absolute atomic E-state index is 5.16. The van der Waals surface area contributed by atoms with Gasteiger partial charge in [0.05, 0.1) is 13.2 Å². The smallest absolute Gasteiger partial charge is 0.0594 e. The lowest BCUT2D eigenvalue weighted by molar-refractivity contribution is 0.0405. The molecule has 0 aromatic carbocycles. The zero-order valence-corrected chi connectivity index (χ0v) is 9.51. The Hall–Kier alpha value is 0.350. The summed E-state index contributed by atoms with van der Waals surface area (Å²) in [6, 6.07) is 0. The van der Waals surface area contributed by atoms with E-state index >= 15 is 0 Å². The van der Waals surface area contributed by atoms with Crippen LogP contribution in [0.25, 0.3) is 0 Å². The molecule has 70 valence electrons. The summed E-state index contributed by atoms with van der Waals surface area (Å²) in [5.74, 6) is 0. The van der Waals surface area contributed by atoms with Crippen molar-refractivity contribution in [1.29, 1.82) is 0 Å². The van der Waals surface area contributed by atoms with Gasteiger partial charge in [0.25, 0.3) is 0 Å². The van der Waals surface area contributed by atoms with Crippen LogP contribution in [0.3, 0.4) is 0 Å². The predicted molar refractivity (Wildman–Crippen MR) is 55.4 cm³/mol. The lowest BCUT2D eigenvalue weighted by Crippen LogP contribution is -2.35. The molecule has 2 nitrogen and oxygen atoms in total. The standard InChI is InChI=1S/C6H13NO.C2H6.H3P/c1-2-7-3-5-8-6-4-7;1-2;/h2-6H2,1H3;1-2H3;1H3. The average molecular weight is 179 g/mol. The highest BCUT2D eigenvalue weighted by atomic mass is 31.0. The van der Waals surface area contributed by atoms with Gasteiger partial charge in [-0.2, -0.15) is 9.90 Å². The molecular formula is C8H22NOP. The third-order valence-electron chi connectivity index (χ3n) is 1.55. The van der Waals surface area contributed by atoms with Crippen molar-refractivity contribution in [3.05, 3.63) is 0 Å². The second kappa shape index (κ2) is 10.3. The molecule has 0 aliphatic carbocycles. The van der Waals surface area contributed by atoms with Gasteiger partial charge in [0.2, 0.25) is 0 Å². The highest BCUT2D eigenvalue weighted by Gasteiger charge is 2.05. The molecule has 1 rings (SSSR count). The van der Waals surface area contributed by atoms with Gasteiger partial charge in [-0.3, -0.25) is 4.90 Å². The molecule has 1 unspecified atom stereocenters. The fourth-order valence-electron chi connectivity index (χ4n) is 0.917. The van der Waals surface area contributed by atoms with Crippen LogP contribution < -0.4 is 0 Å². The summed E-state index contributed by atoms with van der Waals surface area (Å²) in [6.07, 6.45) is 0. The summed E-state index contributed by atoms with van der Waals surface area (Å²) in [4.78, 5) is 2.39. The van der Waals surface area contributed by atoms with Gasteiger partial charge in [-0.05, 0) is 6.54 Å². The first kappa shape index (κ1) is 13.9. The molecule has 0 spiro atoms. The molecule has 0 aromatic rings. The Balaban J connectivity index is 0. The minimum Gasteiger partial charge on any atom is -0.379 e. The van der Waals surface area contributed by atoms with Gasteiger partial charge in [0.1, 0.15) is 0 Å². The molecule has 1 atom stereocenters. The summed E-state index contributed by atoms with van der Waals surface area (Å²) in [5.41, 5.74) is 0. The topological polar surface area (TPSA) is 12.5 Å². The SMILES string of the molecule is CC.CCN1CCOCC1.P. The minimum atomic E-state index is 0. The van der Waals surface area contributed by atoms with Crippen LogP contribution in [-0.2, 0) is 4.74 Å². The summed E-state index contributed by atoms with van der Waals surface area (Å²) in [7, 11) is 0. The summed E-state index contributed by atoms with van der Waals surface area (Å²) in [6.45, 7) is 11.4. The number of hydrogen-bond donors (Lipinski definition) is 0. The lowest BCUT2D eigenvalue weighted by atomic mass is 10.4. The molecule has 1 aliphatic rings. The molecule has 0 radical (unpaired) electrons. The van der Waals surface area contributed by atoms with Crippen LogP contribution in [0.1, 0.15) is 20.8 Å². The second-order valence-electron chi connectivity index (χ2n) is 2.05. The largest absolute Gasteiger partial charge is 0.379 e. The van der Waals surface area contributed by atoms with E-state index < -0.39 is 0 Å².